The van der Waals surface area contributed by atoms with Crippen LogP contribution < -0.4 is 0 Å². The Balaban J connectivity index is 1.94. The third-order valence-corrected chi connectivity index (χ3v) is 4.73. The van der Waals surface area contributed by atoms with Gasteiger partial charge in [-0.3, -0.25) is 19.6 Å². The fourth-order valence-corrected chi connectivity index (χ4v) is 3.50. The van der Waals surface area contributed by atoms with Gasteiger partial charge in [0.25, 0.3) is 0 Å². The number of ether oxygens (including phenoxy) is 3. The molecule has 5 atom stereocenters. The van der Waals surface area contributed by atoms with Gasteiger partial charge in [0.1, 0.15) is 18.3 Å². The van der Waals surface area contributed by atoms with Gasteiger partial charge in [0, 0.05) is 38.9 Å². The van der Waals surface area contributed by atoms with Crippen molar-refractivity contribution in [2.24, 2.45) is 0 Å². The van der Waals surface area contributed by atoms with E-state index in [1.54, 1.807) is 24.7 Å². The Hall–Kier alpha value is -2.88. The summed E-state index contributed by atoms with van der Waals surface area (Å²) < 4.78 is 16.5. The maximum Gasteiger partial charge on any atom is 0.303 e. The summed E-state index contributed by atoms with van der Waals surface area (Å²) in [7, 11) is 0. The maximum absolute atomic E-state index is 11.7. The van der Waals surface area contributed by atoms with Gasteiger partial charge in [0.15, 0.2) is 12.2 Å². The summed E-state index contributed by atoms with van der Waals surface area (Å²) in [5, 5.41) is 20.2. The van der Waals surface area contributed by atoms with Gasteiger partial charge in [-0.1, -0.05) is 24.3 Å². The number of aliphatic hydroxyl groups is 2. The first-order valence-electron chi connectivity index (χ1n) is 9.51. The summed E-state index contributed by atoms with van der Waals surface area (Å²) in [6.45, 7) is 1.91. The van der Waals surface area contributed by atoms with E-state index < -0.39 is 49.1 Å². The number of hydrogen-bond donors (Lipinski definition) is 2. The van der Waals surface area contributed by atoms with Gasteiger partial charge >= 0.3 is 11.9 Å². The van der Waals surface area contributed by atoms with Gasteiger partial charge in [-0.05, 0) is 11.1 Å². The zero-order chi connectivity index (χ0) is 21.7. The molecule has 0 spiro atoms. The van der Waals surface area contributed by atoms with E-state index >= 15 is 0 Å². The molecule has 1 aromatic carbocycles. The third-order valence-electron chi connectivity index (χ3n) is 4.73. The lowest BCUT2D eigenvalue weighted by Crippen LogP contribution is -2.58. The van der Waals surface area contributed by atoms with Crippen molar-refractivity contribution in [2.45, 2.75) is 50.8 Å². The molecule has 1 aliphatic heterocycles. The molecule has 0 saturated carbocycles. The smallest absolute Gasteiger partial charge is 0.303 e. The van der Waals surface area contributed by atoms with E-state index in [1.165, 1.54) is 13.8 Å². The summed E-state index contributed by atoms with van der Waals surface area (Å²) >= 11 is 0. The molecule has 9 nitrogen and oxygen atoms in total. The van der Waals surface area contributed by atoms with E-state index in [9.17, 15) is 19.8 Å². The summed E-state index contributed by atoms with van der Waals surface area (Å²) in [6.07, 6.45) is -0.127. The van der Waals surface area contributed by atoms with Crippen molar-refractivity contribution in [3.8, 4) is 0 Å². The fourth-order valence-electron chi connectivity index (χ4n) is 3.50. The monoisotopic (exact) mass is 416 g/mol. The quantitative estimate of drug-likeness (QED) is 0.655. The van der Waals surface area contributed by atoms with Crippen LogP contribution in [0.5, 0.6) is 0 Å². The Morgan fingerprint density at radius 3 is 2.50 bits per heavy atom. The predicted molar refractivity (Wildman–Crippen MR) is 103 cm³/mol. The lowest BCUT2D eigenvalue weighted by Gasteiger charge is -2.43. The lowest BCUT2D eigenvalue weighted by molar-refractivity contribution is -0.247. The summed E-state index contributed by atoms with van der Waals surface area (Å²) in [6, 6.07) is 7.35. The highest BCUT2D eigenvalue weighted by atomic mass is 16.6. The predicted octanol–water partition coefficient (Wildman–Crippen LogP) is 0.724. The van der Waals surface area contributed by atoms with Crippen LogP contribution in [-0.2, 0) is 30.2 Å². The SMILES string of the molecule is CC(=O)OC1[C@H](O)C(CO)OC(c2cccc(Cc3cnccn3)c2)[C@@H]1OC(C)=O. The Kier molecular flexibility index (Phi) is 7.09. The highest BCUT2D eigenvalue weighted by Gasteiger charge is 2.49. The van der Waals surface area contributed by atoms with E-state index in [1.807, 2.05) is 18.2 Å². The minimum Gasteiger partial charge on any atom is -0.456 e. The number of nitrogens with zero attached hydrogens (tertiary/aromatic N) is 2. The number of rotatable bonds is 6. The third kappa shape index (κ3) is 5.18. The van der Waals surface area contributed by atoms with Gasteiger partial charge in [-0.2, -0.15) is 0 Å². The van der Waals surface area contributed by atoms with Crippen LogP contribution in [0.15, 0.2) is 42.9 Å². The molecule has 0 radical (unpaired) electrons. The molecule has 0 amide bonds. The Bertz CT molecular complexity index is 877. The molecule has 9 heteroatoms. The minimum absolute atomic E-state index is 0.498. The second-order valence-electron chi connectivity index (χ2n) is 7.03. The molecule has 3 rings (SSSR count). The van der Waals surface area contributed by atoms with Crippen molar-refractivity contribution in [1.82, 2.24) is 9.97 Å². The molecular formula is C21H24N2O7. The Labute approximate surface area is 173 Å². The number of benzene rings is 1. The second-order valence-corrected chi connectivity index (χ2v) is 7.03. The van der Waals surface area contributed by atoms with Gasteiger partial charge in [-0.15, -0.1) is 0 Å². The van der Waals surface area contributed by atoms with E-state index in [2.05, 4.69) is 9.97 Å². The molecular weight excluding hydrogens is 392 g/mol. The largest absolute Gasteiger partial charge is 0.456 e. The number of aliphatic hydroxyl groups excluding tert-OH is 2. The van der Waals surface area contributed by atoms with Crippen LogP contribution >= 0.6 is 0 Å². The van der Waals surface area contributed by atoms with E-state index in [-0.39, 0.29) is 0 Å². The van der Waals surface area contributed by atoms with Crippen molar-refractivity contribution < 1.29 is 34.0 Å². The van der Waals surface area contributed by atoms with E-state index in [4.69, 9.17) is 14.2 Å². The average molecular weight is 416 g/mol. The lowest BCUT2D eigenvalue weighted by atomic mass is 9.90. The van der Waals surface area contributed by atoms with Crippen LogP contribution in [0, 0.1) is 0 Å². The van der Waals surface area contributed by atoms with E-state index in [0.717, 1.165) is 11.3 Å². The molecule has 1 aromatic heterocycles. The van der Waals surface area contributed by atoms with Crippen molar-refractivity contribution in [2.75, 3.05) is 6.61 Å². The van der Waals surface area contributed by atoms with Crippen LogP contribution in [-0.4, -0.2) is 63.1 Å². The Morgan fingerprint density at radius 2 is 1.87 bits per heavy atom. The van der Waals surface area contributed by atoms with Crippen molar-refractivity contribution in [3.05, 3.63) is 59.7 Å². The zero-order valence-corrected chi connectivity index (χ0v) is 16.7. The fraction of sp³-hybridized carbons (Fsp3) is 0.429. The maximum atomic E-state index is 11.7. The summed E-state index contributed by atoms with van der Waals surface area (Å²) in [5.74, 6) is -1.26. The highest BCUT2D eigenvalue weighted by molar-refractivity contribution is 5.67. The molecule has 2 aromatic rings. The molecule has 0 bridgehead atoms. The normalized spacial score (nSPS) is 26.1. The zero-order valence-electron chi connectivity index (χ0n) is 16.7. The van der Waals surface area contributed by atoms with Crippen molar-refractivity contribution in [1.29, 1.82) is 0 Å². The average Bonchev–Trinajstić information content (AvgIpc) is 2.71. The number of hydrogen-bond acceptors (Lipinski definition) is 9. The Morgan fingerprint density at radius 1 is 1.13 bits per heavy atom. The van der Waals surface area contributed by atoms with Gasteiger partial charge in [0.2, 0.25) is 0 Å². The minimum atomic E-state index is -1.36. The first-order chi connectivity index (χ1) is 14.4. The van der Waals surface area contributed by atoms with Crippen LogP contribution in [0.25, 0.3) is 0 Å². The summed E-state index contributed by atoms with van der Waals surface area (Å²) in [4.78, 5) is 31.6. The standard InChI is InChI=1S/C21H24N2O7/c1-12(25)28-20-18(27)17(11-24)30-19(21(20)29-13(2)26)15-5-3-4-14(8-15)9-16-10-22-6-7-23-16/h3-8,10,17-21,24,27H,9,11H2,1-2H3/t17?,18-,19?,20?,21+/m1/s1. The molecule has 2 heterocycles. The molecule has 30 heavy (non-hydrogen) atoms. The molecule has 1 aliphatic rings. The van der Waals surface area contributed by atoms with Gasteiger partial charge in [-0.25, -0.2) is 0 Å². The number of carbonyl (C=O) groups excluding carboxylic acids is 2. The number of esters is 2. The molecule has 2 N–H and O–H groups in total. The van der Waals surface area contributed by atoms with Crippen LogP contribution in [0.4, 0.5) is 0 Å². The van der Waals surface area contributed by atoms with Crippen molar-refractivity contribution in [3.63, 3.8) is 0 Å². The highest BCUT2D eigenvalue weighted by Crippen LogP contribution is 2.36. The topological polar surface area (TPSA) is 128 Å². The van der Waals surface area contributed by atoms with Crippen LogP contribution in [0.2, 0.25) is 0 Å². The first kappa shape index (κ1) is 21.8. The molecule has 160 valence electrons. The van der Waals surface area contributed by atoms with Crippen molar-refractivity contribution >= 4 is 11.9 Å². The molecule has 1 saturated heterocycles. The summed E-state index contributed by atoms with van der Waals surface area (Å²) in [5.41, 5.74) is 2.33. The number of carbonyl (C=O) groups is 2. The molecule has 1 fully saturated rings. The second kappa shape index (κ2) is 9.75. The first-order valence-corrected chi connectivity index (χ1v) is 9.51. The van der Waals surface area contributed by atoms with Gasteiger partial charge in [0.05, 0.1) is 12.3 Å². The van der Waals surface area contributed by atoms with Crippen LogP contribution in [0.3, 0.4) is 0 Å². The molecule has 3 unspecified atom stereocenters. The van der Waals surface area contributed by atoms with E-state index in [0.29, 0.717) is 12.0 Å². The van der Waals surface area contributed by atoms with Gasteiger partial charge < -0.3 is 24.4 Å². The number of aromatic nitrogens is 2. The molecule has 0 aliphatic carbocycles. The van der Waals surface area contributed by atoms with Crippen LogP contribution in [0.1, 0.15) is 36.8 Å².